The van der Waals surface area contributed by atoms with E-state index in [-0.39, 0.29) is 0 Å². The van der Waals surface area contributed by atoms with Crippen LogP contribution in [0.4, 0.5) is 0 Å². The fourth-order valence-corrected chi connectivity index (χ4v) is 1.94. The minimum atomic E-state index is 0.379. The SMILES string of the molecule is CCCNCc1ccc(OC)cc1OCc1ncnn1C. The number of hydrogen-bond donors (Lipinski definition) is 1. The molecule has 0 fully saturated rings. The van der Waals surface area contributed by atoms with Crippen molar-refractivity contribution in [2.75, 3.05) is 13.7 Å². The molecule has 0 aliphatic carbocycles. The summed E-state index contributed by atoms with van der Waals surface area (Å²) < 4.78 is 12.9. The summed E-state index contributed by atoms with van der Waals surface area (Å²) in [6.45, 7) is 4.28. The molecule has 0 aliphatic heterocycles. The van der Waals surface area contributed by atoms with Crippen molar-refractivity contribution >= 4 is 0 Å². The van der Waals surface area contributed by atoms with Gasteiger partial charge in [-0.2, -0.15) is 5.10 Å². The molecule has 1 heterocycles. The molecule has 0 saturated heterocycles. The van der Waals surface area contributed by atoms with Crippen molar-refractivity contribution in [1.82, 2.24) is 20.1 Å². The predicted molar refractivity (Wildman–Crippen MR) is 80.3 cm³/mol. The minimum Gasteiger partial charge on any atom is -0.497 e. The van der Waals surface area contributed by atoms with E-state index in [0.717, 1.165) is 42.4 Å². The maximum Gasteiger partial charge on any atom is 0.164 e. The smallest absolute Gasteiger partial charge is 0.164 e. The Morgan fingerprint density at radius 1 is 1.33 bits per heavy atom. The molecule has 114 valence electrons. The molecule has 0 spiro atoms. The van der Waals surface area contributed by atoms with Gasteiger partial charge >= 0.3 is 0 Å². The third kappa shape index (κ3) is 4.19. The Morgan fingerprint density at radius 3 is 2.86 bits per heavy atom. The number of methoxy groups -OCH3 is 1. The lowest BCUT2D eigenvalue weighted by Gasteiger charge is -2.13. The summed E-state index contributed by atoms with van der Waals surface area (Å²) in [5, 5.41) is 7.41. The fourth-order valence-electron chi connectivity index (χ4n) is 1.94. The highest BCUT2D eigenvalue weighted by molar-refractivity contribution is 5.40. The molecule has 21 heavy (non-hydrogen) atoms. The van der Waals surface area contributed by atoms with E-state index in [1.54, 1.807) is 11.8 Å². The first-order valence-corrected chi connectivity index (χ1v) is 7.08. The van der Waals surface area contributed by atoms with Crippen LogP contribution in [0.3, 0.4) is 0 Å². The molecule has 0 radical (unpaired) electrons. The van der Waals surface area contributed by atoms with Crippen LogP contribution in [-0.4, -0.2) is 28.4 Å². The van der Waals surface area contributed by atoms with Crippen molar-refractivity contribution < 1.29 is 9.47 Å². The van der Waals surface area contributed by atoms with Gasteiger partial charge in [-0.1, -0.05) is 13.0 Å². The predicted octanol–water partition coefficient (Wildman–Crippen LogP) is 1.90. The third-order valence-electron chi connectivity index (χ3n) is 3.18. The van der Waals surface area contributed by atoms with Gasteiger partial charge < -0.3 is 14.8 Å². The molecular formula is C15H22N4O2. The van der Waals surface area contributed by atoms with E-state index in [0.29, 0.717) is 6.61 Å². The number of hydrogen-bond acceptors (Lipinski definition) is 5. The number of nitrogens with one attached hydrogen (secondary N) is 1. The van der Waals surface area contributed by atoms with Crippen LogP contribution >= 0.6 is 0 Å². The Balaban J connectivity index is 2.08. The third-order valence-corrected chi connectivity index (χ3v) is 3.18. The number of aromatic nitrogens is 3. The van der Waals surface area contributed by atoms with E-state index in [4.69, 9.17) is 9.47 Å². The largest absolute Gasteiger partial charge is 0.497 e. The van der Waals surface area contributed by atoms with Gasteiger partial charge in [0.05, 0.1) is 7.11 Å². The summed E-state index contributed by atoms with van der Waals surface area (Å²) in [6, 6.07) is 5.87. The van der Waals surface area contributed by atoms with Gasteiger partial charge in [-0.15, -0.1) is 0 Å². The van der Waals surface area contributed by atoms with Crippen LogP contribution in [0.5, 0.6) is 11.5 Å². The van der Waals surface area contributed by atoms with E-state index in [2.05, 4.69) is 22.3 Å². The average Bonchev–Trinajstić information content (AvgIpc) is 2.91. The molecule has 6 nitrogen and oxygen atoms in total. The summed E-state index contributed by atoms with van der Waals surface area (Å²) >= 11 is 0. The zero-order chi connectivity index (χ0) is 15.1. The molecule has 1 aromatic carbocycles. The van der Waals surface area contributed by atoms with E-state index in [1.807, 2.05) is 25.2 Å². The normalized spacial score (nSPS) is 10.6. The molecule has 0 bridgehead atoms. The molecule has 0 amide bonds. The van der Waals surface area contributed by atoms with Crippen molar-refractivity contribution in [1.29, 1.82) is 0 Å². The quantitative estimate of drug-likeness (QED) is 0.752. The standard InChI is InChI=1S/C15H22N4O2/c1-4-7-16-9-12-5-6-13(20-3)8-14(12)21-10-15-17-11-18-19(15)2/h5-6,8,11,16H,4,7,9-10H2,1-3H3. The second-order valence-electron chi connectivity index (χ2n) is 4.74. The first-order chi connectivity index (χ1) is 10.2. The summed E-state index contributed by atoms with van der Waals surface area (Å²) in [6.07, 6.45) is 2.62. The van der Waals surface area contributed by atoms with Gasteiger partial charge in [0.2, 0.25) is 0 Å². The molecular weight excluding hydrogens is 268 g/mol. The molecule has 0 saturated carbocycles. The zero-order valence-electron chi connectivity index (χ0n) is 12.8. The molecule has 0 unspecified atom stereocenters. The maximum atomic E-state index is 5.89. The van der Waals surface area contributed by atoms with Gasteiger partial charge in [0.1, 0.15) is 24.4 Å². The average molecular weight is 290 g/mol. The first-order valence-electron chi connectivity index (χ1n) is 7.08. The number of nitrogens with zero attached hydrogens (tertiary/aromatic N) is 3. The van der Waals surface area contributed by atoms with Crippen LogP contribution in [0, 0.1) is 0 Å². The molecule has 0 atom stereocenters. The number of rotatable bonds is 8. The Kier molecular flexibility index (Phi) is 5.57. The molecule has 0 aliphatic rings. The second-order valence-corrected chi connectivity index (χ2v) is 4.74. The second kappa shape index (κ2) is 7.64. The van der Waals surface area contributed by atoms with Gasteiger partial charge in [0.15, 0.2) is 5.82 Å². The summed E-state index contributed by atoms with van der Waals surface area (Å²) in [7, 11) is 3.50. The van der Waals surface area contributed by atoms with Crippen LogP contribution in [-0.2, 0) is 20.2 Å². The van der Waals surface area contributed by atoms with E-state index in [9.17, 15) is 0 Å². The highest BCUT2D eigenvalue weighted by Gasteiger charge is 2.08. The van der Waals surface area contributed by atoms with Crippen LogP contribution in [0.25, 0.3) is 0 Å². The number of benzene rings is 1. The summed E-state index contributed by atoms with van der Waals surface area (Å²) in [5.74, 6) is 2.37. The minimum absolute atomic E-state index is 0.379. The van der Waals surface area contributed by atoms with Crippen molar-refractivity contribution in [3.05, 3.63) is 35.9 Å². The van der Waals surface area contributed by atoms with E-state index < -0.39 is 0 Å². The van der Waals surface area contributed by atoms with Crippen molar-refractivity contribution in [2.45, 2.75) is 26.5 Å². The number of aryl methyl sites for hydroxylation is 1. The summed E-state index contributed by atoms with van der Waals surface area (Å²) in [4.78, 5) is 4.16. The fraction of sp³-hybridized carbons (Fsp3) is 0.467. The van der Waals surface area contributed by atoms with Crippen molar-refractivity contribution in [3.63, 3.8) is 0 Å². The zero-order valence-corrected chi connectivity index (χ0v) is 12.8. The topological polar surface area (TPSA) is 61.2 Å². The van der Waals surface area contributed by atoms with Gasteiger partial charge in [-0.3, -0.25) is 4.68 Å². The van der Waals surface area contributed by atoms with Gasteiger partial charge in [0.25, 0.3) is 0 Å². The van der Waals surface area contributed by atoms with Gasteiger partial charge in [-0.25, -0.2) is 4.98 Å². The Hall–Kier alpha value is -2.08. The summed E-state index contributed by atoms with van der Waals surface area (Å²) in [5.41, 5.74) is 1.10. The lowest BCUT2D eigenvalue weighted by molar-refractivity contribution is 0.284. The highest BCUT2D eigenvalue weighted by Crippen LogP contribution is 2.25. The first kappa shape index (κ1) is 15.3. The highest BCUT2D eigenvalue weighted by atomic mass is 16.5. The number of ether oxygens (including phenoxy) is 2. The van der Waals surface area contributed by atoms with Crippen LogP contribution < -0.4 is 14.8 Å². The van der Waals surface area contributed by atoms with Gasteiger partial charge in [0, 0.05) is 25.2 Å². The Labute approximate surface area is 125 Å². The van der Waals surface area contributed by atoms with Gasteiger partial charge in [-0.05, 0) is 19.0 Å². The Morgan fingerprint density at radius 2 is 2.19 bits per heavy atom. The van der Waals surface area contributed by atoms with Crippen LogP contribution in [0.2, 0.25) is 0 Å². The van der Waals surface area contributed by atoms with E-state index >= 15 is 0 Å². The van der Waals surface area contributed by atoms with Crippen LogP contribution in [0.15, 0.2) is 24.5 Å². The monoisotopic (exact) mass is 290 g/mol. The van der Waals surface area contributed by atoms with E-state index in [1.165, 1.54) is 6.33 Å². The molecule has 2 rings (SSSR count). The van der Waals surface area contributed by atoms with Crippen molar-refractivity contribution in [3.8, 4) is 11.5 Å². The molecule has 1 aromatic heterocycles. The molecule has 2 aromatic rings. The maximum absolute atomic E-state index is 5.89. The lowest BCUT2D eigenvalue weighted by Crippen LogP contribution is -2.15. The lowest BCUT2D eigenvalue weighted by atomic mass is 10.2. The Bertz CT molecular complexity index is 569. The molecule has 6 heteroatoms. The molecule has 1 N–H and O–H groups in total. The van der Waals surface area contributed by atoms with Crippen molar-refractivity contribution in [2.24, 2.45) is 7.05 Å². The van der Waals surface area contributed by atoms with Crippen LogP contribution in [0.1, 0.15) is 24.7 Å².